The second kappa shape index (κ2) is 6.98. The van der Waals surface area contributed by atoms with E-state index in [9.17, 15) is 4.79 Å². The molecule has 0 saturated carbocycles. The molecule has 1 aromatic heterocycles. The van der Waals surface area contributed by atoms with Gasteiger partial charge in [0.2, 0.25) is 0 Å². The number of aryl methyl sites for hydroxylation is 1. The molecule has 23 heavy (non-hydrogen) atoms. The Bertz CT molecular complexity index is 920. The number of hydrogen-bond donors (Lipinski definition) is 1. The zero-order chi connectivity index (χ0) is 16.4. The minimum Gasteiger partial charge on any atom is -0.266 e. The highest BCUT2D eigenvalue weighted by atomic mass is 127. The lowest BCUT2D eigenvalue weighted by atomic mass is 10.2. The lowest BCUT2D eigenvalue weighted by Crippen LogP contribution is -2.16. The average molecular weight is 455 g/mol. The van der Waals surface area contributed by atoms with Gasteiger partial charge in [-0.3, -0.25) is 4.79 Å². The molecule has 0 spiro atoms. The summed E-state index contributed by atoms with van der Waals surface area (Å²) in [6.45, 7) is 2.01. The summed E-state index contributed by atoms with van der Waals surface area (Å²) in [4.78, 5) is 12.8. The van der Waals surface area contributed by atoms with Crippen LogP contribution in [0.4, 0.5) is 0 Å². The predicted molar refractivity (Wildman–Crippen MR) is 106 cm³/mol. The van der Waals surface area contributed by atoms with Crippen LogP contribution in [-0.4, -0.2) is 12.1 Å². The van der Waals surface area contributed by atoms with E-state index in [1.54, 1.807) is 6.21 Å². The molecule has 0 bridgehead atoms. The van der Waals surface area contributed by atoms with Crippen LogP contribution in [-0.2, 0) is 0 Å². The predicted octanol–water partition coefficient (Wildman–Crippen LogP) is 5.23. The summed E-state index contributed by atoms with van der Waals surface area (Å²) < 4.78 is 2.07. The molecule has 6 heteroatoms. The Kier molecular flexibility index (Phi) is 4.99. The van der Waals surface area contributed by atoms with Crippen molar-refractivity contribution in [1.29, 1.82) is 0 Å². The Morgan fingerprint density at radius 3 is 2.87 bits per heavy atom. The number of nitrogens with zero attached hydrogens (tertiary/aromatic N) is 1. The molecule has 1 N–H and O–H groups in total. The average Bonchev–Trinajstić information content (AvgIpc) is 2.85. The first kappa shape index (κ1) is 16.4. The molecule has 0 saturated heterocycles. The summed E-state index contributed by atoms with van der Waals surface area (Å²) in [5.41, 5.74) is 4.63. The fourth-order valence-corrected chi connectivity index (χ4v) is 4.14. The zero-order valence-electron chi connectivity index (χ0n) is 12.1. The summed E-state index contributed by atoms with van der Waals surface area (Å²) >= 11 is 9.92. The van der Waals surface area contributed by atoms with Gasteiger partial charge >= 0.3 is 0 Å². The maximum absolute atomic E-state index is 12.3. The molecule has 0 fully saturated rings. The van der Waals surface area contributed by atoms with Crippen molar-refractivity contribution in [3.63, 3.8) is 0 Å². The van der Waals surface area contributed by atoms with Gasteiger partial charge in [-0.05, 0) is 47.2 Å². The van der Waals surface area contributed by atoms with Gasteiger partial charge in [0.05, 0.1) is 11.2 Å². The molecule has 0 aliphatic heterocycles. The van der Waals surface area contributed by atoms with Gasteiger partial charge in [-0.1, -0.05) is 41.9 Å². The molecule has 3 nitrogen and oxygen atoms in total. The maximum atomic E-state index is 12.3. The Hall–Kier alpha value is -1.44. The van der Waals surface area contributed by atoms with Gasteiger partial charge in [0.1, 0.15) is 4.88 Å². The Morgan fingerprint density at radius 2 is 2.09 bits per heavy atom. The van der Waals surface area contributed by atoms with Crippen LogP contribution in [0.15, 0.2) is 47.6 Å². The lowest BCUT2D eigenvalue weighted by Gasteiger charge is -1.98. The van der Waals surface area contributed by atoms with Gasteiger partial charge in [0.25, 0.3) is 5.91 Å². The number of fused-ring (bicyclic) bond motifs is 1. The Morgan fingerprint density at radius 1 is 1.30 bits per heavy atom. The molecule has 116 valence electrons. The van der Waals surface area contributed by atoms with E-state index in [4.69, 9.17) is 11.6 Å². The zero-order valence-corrected chi connectivity index (χ0v) is 15.9. The van der Waals surface area contributed by atoms with Crippen LogP contribution in [0.5, 0.6) is 0 Å². The maximum Gasteiger partial charge on any atom is 0.283 e. The molecule has 3 aromatic rings. The van der Waals surface area contributed by atoms with Crippen LogP contribution in [0, 0.1) is 10.5 Å². The van der Waals surface area contributed by atoms with Crippen molar-refractivity contribution in [1.82, 2.24) is 5.43 Å². The minimum absolute atomic E-state index is 0.295. The van der Waals surface area contributed by atoms with E-state index in [-0.39, 0.29) is 5.91 Å². The van der Waals surface area contributed by atoms with Crippen LogP contribution in [0.1, 0.15) is 20.8 Å². The number of benzene rings is 2. The topological polar surface area (TPSA) is 41.5 Å². The van der Waals surface area contributed by atoms with Crippen LogP contribution in [0.25, 0.3) is 10.1 Å². The van der Waals surface area contributed by atoms with E-state index in [0.29, 0.717) is 9.90 Å². The van der Waals surface area contributed by atoms with E-state index in [2.05, 4.69) is 33.1 Å². The highest BCUT2D eigenvalue weighted by Gasteiger charge is 2.16. The van der Waals surface area contributed by atoms with Crippen molar-refractivity contribution >= 4 is 67.7 Å². The number of hydrazone groups is 1. The van der Waals surface area contributed by atoms with E-state index in [1.165, 1.54) is 11.3 Å². The molecule has 0 radical (unpaired) electrons. The first-order valence-corrected chi connectivity index (χ1v) is 9.10. The van der Waals surface area contributed by atoms with Crippen LogP contribution < -0.4 is 5.43 Å². The minimum atomic E-state index is -0.295. The van der Waals surface area contributed by atoms with Crippen molar-refractivity contribution in [2.24, 2.45) is 5.10 Å². The van der Waals surface area contributed by atoms with Gasteiger partial charge in [-0.2, -0.15) is 5.10 Å². The summed E-state index contributed by atoms with van der Waals surface area (Å²) in [6, 6.07) is 13.8. The second-order valence-electron chi connectivity index (χ2n) is 4.97. The number of amides is 1. The molecule has 0 aliphatic carbocycles. The number of carbonyl (C=O) groups is 1. The fraction of sp³-hybridized carbons (Fsp3) is 0.0588. The smallest absolute Gasteiger partial charge is 0.266 e. The molecule has 3 rings (SSSR count). The van der Waals surface area contributed by atoms with Gasteiger partial charge in [0.15, 0.2) is 0 Å². The molecule has 1 heterocycles. The summed E-state index contributed by atoms with van der Waals surface area (Å²) in [6.07, 6.45) is 1.63. The van der Waals surface area contributed by atoms with Gasteiger partial charge < -0.3 is 0 Å². The monoisotopic (exact) mass is 454 g/mol. The van der Waals surface area contributed by atoms with Gasteiger partial charge in [-0.15, -0.1) is 11.3 Å². The largest absolute Gasteiger partial charge is 0.283 e. The Labute approximate surface area is 156 Å². The molecular formula is C17H12ClIN2OS. The van der Waals surface area contributed by atoms with Gasteiger partial charge in [-0.25, -0.2) is 5.43 Å². The number of rotatable bonds is 3. The van der Waals surface area contributed by atoms with Gasteiger partial charge in [0, 0.05) is 19.2 Å². The van der Waals surface area contributed by atoms with Crippen molar-refractivity contribution in [3.05, 3.63) is 67.1 Å². The van der Waals surface area contributed by atoms with E-state index < -0.39 is 0 Å². The third-order valence-corrected chi connectivity index (χ3v) is 5.90. The molecule has 1 amide bonds. The third-order valence-electron chi connectivity index (χ3n) is 3.27. The molecule has 0 unspecified atom stereocenters. The first-order chi connectivity index (χ1) is 11.1. The van der Waals surface area contributed by atoms with Crippen LogP contribution in [0.2, 0.25) is 5.02 Å². The number of thiophene rings is 1. The van der Waals surface area contributed by atoms with E-state index in [1.807, 2.05) is 49.4 Å². The second-order valence-corrected chi connectivity index (χ2v) is 7.56. The number of halogens is 2. The number of nitrogens with one attached hydrogen (secondary N) is 1. The standard InChI is InChI=1S/C17H12ClIN2OS/c1-10-6-7-12-14(8-10)23-16(15(12)18)17(22)21-20-9-11-4-2-3-5-13(11)19/h2-9H,1H3,(H,21,22)/b20-9+. The van der Waals surface area contributed by atoms with Crippen molar-refractivity contribution in [2.75, 3.05) is 0 Å². The van der Waals surface area contributed by atoms with Crippen LogP contribution >= 0.6 is 45.5 Å². The van der Waals surface area contributed by atoms with Crippen molar-refractivity contribution < 1.29 is 4.79 Å². The van der Waals surface area contributed by atoms with E-state index in [0.717, 1.165) is 24.8 Å². The van der Waals surface area contributed by atoms with Crippen molar-refractivity contribution in [3.8, 4) is 0 Å². The molecule has 0 atom stereocenters. The molecule has 2 aromatic carbocycles. The first-order valence-electron chi connectivity index (χ1n) is 6.83. The quantitative estimate of drug-likeness (QED) is 0.329. The highest BCUT2D eigenvalue weighted by molar-refractivity contribution is 14.1. The van der Waals surface area contributed by atoms with Crippen LogP contribution in [0.3, 0.4) is 0 Å². The number of hydrogen-bond acceptors (Lipinski definition) is 3. The SMILES string of the molecule is Cc1ccc2c(Cl)c(C(=O)N/N=C/c3ccccc3I)sc2c1. The highest BCUT2D eigenvalue weighted by Crippen LogP contribution is 2.35. The summed E-state index contributed by atoms with van der Waals surface area (Å²) in [7, 11) is 0. The normalized spacial score (nSPS) is 11.3. The fourth-order valence-electron chi connectivity index (χ4n) is 2.11. The number of carbonyl (C=O) groups excluding carboxylic acids is 1. The Balaban J connectivity index is 1.81. The van der Waals surface area contributed by atoms with E-state index >= 15 is 0 Å². The third kappa shape index (κ3) is 3.57. The molecular weight excluding hydrogens is 443 g/mol. The van der Waals surface area contributed by atoms with Crippen molar-refractivity contribution in [2.45, 2.75) is 6.92 Å². The summed E-state index contributed by atoms with van der Waals surface area (Å²) in [5.74, 6) is -0.295. The molecule has 0 aliphatic rings. The summed E-state index contributed by atoms with van der Waals surface area (Å²) in [5, 5.41) is 5.40. The lowest BCUT2D eigenvalue weighted by molar-refractivity contribution is 0.0959.